The Morgan fingerprint density at radius 3 is 2.74 bits per heavy atom. The van der Waals surface area contributed by atoms with Crippen molar-refractivity contribution in [1.29, 1.82) is 0 Å². The number of benzene rings is 2. The van der Waals surface area contributed by atoms with Crippen molar-refractivity contribution < 1.29 is 13.9 Å². The van der Waals surface area contributed by atoms with Crippen molar-refractivity contribution in [3.05, 3.63) is 84.4 Å². The molecule has 6 nitrogen and oxygen atoms in total. The van der Waals surface area contributed by atoms with E-state index in [9.17, 15) is 9.18 Å². The zero-order chi connectivity index (χ0) is 21.8. The third-order valence-electron chi connectivity index (χ3n) is 4.61. The molecular weight excluding hydrogens is 415 g/mol. The first kappa shape index (κ1) is 20.5. The number of amides is 1. The second-order valence-corrected chi connectivity index (χ2v) is 7.30. The van der Waals surface area contributed by atoms with Gasteiger partial charge in [0.25, 0.3) is 0 Å². The number of pyridine rings is 1. The van der Waals surface area contributed by atoms with Crippen LogP contribution >= 0.6 is 12.2 Å². The van der Waals surface area contributed by atoms with E-state index in [1.54, 1.807) is 12.3 Å². The van der Waals surface area contributed by atoms with Gasteiger partial charge in [-0.25, -0.2) is 9.37 Å². The minimum absolute atomic E-state index is 0.0331. The molecule has 2 aromatic heterocycles. The summed E-state index contributed by atoms with van der Waals surface area (Å²) in [4.78, 5) is 16.3. The standard InChI is InChI=1S/C23H19FN4O2S/c1-28-12-10-16-9-11-25-22(21(16)28)30-19-8-7-17(14-18(19)24)26-23(31)27-20(29)13-15-5-3-2-4-6-15/h2-12,14H,13H2,1H3,(H2,26,27,29,31). The molecule has 2 N–H and O–H groups in total. The number of aromatic nitrogens is 2. The number of rotatable bonds is 5. The lowest BCUT2D eigenvalue weighted by molar-refractivity contribution is -0.119. The highest BCUT2D eigenvalue weighted by atomic mass is 32.1. The predicted molar refractivity (Wildman–Crippen MR) is 122 cm³/mol. The molecule has 156 valence electrons. The molecule has 0 fully saturated rings. The van der Waals surface area contributed by atoms with Crippen LogP contribution in [0.2, 0.25) is 0 Å². The van der Waals surface area contributed by atoms with Crippen molar-refractivity contribution >= 4 is 39.8 Å². The summed E-state index contributed by atoms with van der Waals surface area (Å²) in [7, 11) is 1.87. The van der Waals surface area contributed by atoms with Gasteiger partial charge >= 0.3 is 0 Å². The van der Waals surface area contributed by atoms with E-state index in [4.69, 9.17) is 17.0 Å². The van der Waals surface area contributed by atoms with Gasteiger partial charge in [0, 0.05) is 36.6 Å². The van der Waals surface area contributed by atoms with Crippen LogP contribution in [0.25, 0.3) is 10.9 Å². The largest absolute Gasteiger partial charge is 0.434 e. The summed E-state index contributed by atoms with van der Waals surface area (Å²) in [6, 6.07) is 17.4. The second kappa shape index (κ2) is 8.93. The summed E-state index contributed by atoms with van der Waals surface area (Å²) >= 11 is 5.16. The molecule has 1 amide bonds. The van der Waals surface area contributed by atoms with Crippen LogP contribution in [0, 0.1) is 5.82 Å². The van der Waals surface area contributed by atoms with Gasteiger partial charge in [-0.2, -0.15) is 0 Å². The second-order valence-electron chi connectivity index (χ2n) is 6.89. The van der Waals surface area contributed by atoms with E-state index in [2.05, 4.69) is 15.6 Å². The molecular formula is C23H19FN4O2S. The molecule has 0 unspecified atom stereocenters. The average Bonchev–Trinajstić information content (AvgIpc) is 3.12. The number of thiocarbonyl (C=S) groups is 1. The summed E-state index contributed by atoms with van der Waals surface area (Å²) in [6.07, 6.45) is 3.69. The summed E-state index contributed by atoms with van der Waals surface area (Å²) in [5.41, 5.74) is 2.03. The molecule has 2 aromatic carbocycles. The topological polar surface area (TPSA) is 68.2 Å². The zero-order valence-corrected chi connectivity index (χ0v) is 17.4. The number of nitrogens with zero attached hydrogens (tertiary/aromatic N) is 2. The highest BCUT2D eigenvalue weighted by Gasteiger charge is 2.13. The fraction of sp³-hybridized carbons (Fsp3) is 0.0870. The Kier molecular flexibility index (Phi) is 5.90. The fourth-order valence-corrected chi connectivity index (χ4v) is 3.39. The highest BCUT2D eigenvalue weighted by Crippen LogP contribution is 2.30. The lowest BCUT2D eigenvalue weighted by Gasteiger charge is -2.12. The first-order valence-corrected chi connectivity index (χ1v) is 9.92. The maximum Gasteiger partial charge on any atom is 0.244 e. The van der Waals surface area contributed by atoms with Crippen molar-refractivity contribution in [3.8, 4) is 11.6 Å². The molecule has 0 aliphatic heterocycles. The zero-order valence-electron chi connectivity index (χ0n) is 16.6. The molecule has 0 aliphatic rings. The Morgan fingerprint density at radius 1 is 1.16 bits per heavy atom. The number of aryl methyl sites for hydroxylation is 1. The van der Waals surface area contributed by atoms with Crippen LogP contribution in [0.15, 0.2) is 73.1 Å². The number of carbonyl (C=O) groups excluding carboxylic acids is 1. The van der Waals surface area contributed by atoms with Crippen LogP contribution in [-0.2, 0) is 18.3 Å². The van der Waals surface area contributed by atoms with E-state index >= 15 is 0 Å². The molecule has 0 bridgehead atoms. The summed E-state index contributed by atoms with van der Waals surface area (Å²) in [5, 5.41) is 6.43. The van der Waals surface area contributed by atoms with E-state index in [1.165, 1.54) is 12.1 Å². The van der Waals surface area contributed by atoms with Gasteiger partial charge in [0.05, 0.1) is 6.42 Å². The number of ether oxygens (including phenoxy) is 1. The van der Waals surface area contributed by atoms with E-state index in [0.717, 1.165) is 16.5 Å². The highest BCUT2D eigenvalue weighted by molar-refractivity contribution is 7.80. The van der Waals surface area contributed by atoms with Crippen molar-refractivity contribution in [1.82, 2.24) is 14.9 Å². The lowest BCUT2D eigenvalue weighted by atomic mass is 10.1. The van der Waals surface area contributed by atoms with Gasteiger partial charge in [0.15, 0.2) is 16.7 Å². The van der Waals surface area contributed by atoms with Gasteiger partial charge < -0.3 is 19.9 Å². The number of nitrogens with one attached hydrogen (secondary N) is 2. The lowest BCUT2D eigenvalue weighted by Crippen LogP contribution is -2.35. The minimum atomic E-state index is -0.587. The third-order valence-corrected chi connectivity index (χ3v) is 4.81. The molecule has 4 rings (SSSR count). The van der Waals surface area contributed by atoms with Crippen molar-refractivity contribution in [3.63, 3.8) is 0 Å². The van der Waals surface area contributed by atoms with Crippen LogP contribution in [0.5, 0.6) is 11.6 Å². The van der Waals surface area contributed by atoms with E-state index < -0.39 is 5.82 Å². The summed E-state index contributed by atoms with van der Waals surface area (Å²) in [5.74, 6) is -0.499. The Morgan fingerprint density at radius 2 is 1.97 bits per heavy atom. The van der Waals surface area contributed by atoms with Gasteiger partial charge in [-0.3, -0.25) is 4.79 Å². The Balaban J connectivity index is 1.41. The van der Waals surface area contributed by atoms with Crippen molar-refractivity contribution in [2.24, 2.45) is 7.05 Å². The van der Waals surface area contributed by atoms with Crippen LogP contribution < -0.4 is 15.4 Å². The van der Waals surface area contributed by atoms with Gasteiger partial charge in [0.1, 0.15) is 5.52 Å². The maximum absolute atomic E-state index is 14.6. The van der Waals surface area contributed by atoms with Crippen LogP contribution in [-0.4, -0.2) is 20.6 Å². The Bertz CT molecular complexity index is 1260. The van der Waals surface area contributed by atoms with Crippen molar-refractivity contribution in [2.45, 2.75) is 6.42 Å². The van der Waals surface area contributed by atoms with E-state index in [0.29, 0.717) is 11.6 Å². The number of fused-ring (bicyclic) bond motifs is 1. The molecule has 4 aromatic rings. The molecule has 0 saturated carbocycles. The molecule has 0 radical (unpaired) electrons. The summed E-state index contributed by atoms with van der Waals surface area (Å²) in [6.45, 7) is 0. The molecule has 0 aliphatic carbocycles. The van der Waals surface area contributed by atoms with Crippen LogP contribution in [0.4, 0.5) is 10.1 Å². The first-order chi connectivity index (χ1) is 15.0. The molecule has 0 saturated heterocycles. The minimum Gasteiger partial charge on any atom is -0.434 e. The number of carbonyl (C=O) groups is 1. The van der Waals surface area contributed by atoms with Gasteiger partial charge in [-0.1, -0.05) is 30.3 Å². The number of halogens is 1. The number of anilines is 1. The van der Waals surface area contributed by atoms with Crippen molar-refractivity contribution in [2.75, 3.05) is 5.32 Å². The normalized spacial score (nSPS) is 10.6. The monoisotopic (exact) mass is 434 g/mol. The van der Waals surface area contributed by atoms with E-state index in [-0.39, 0.29) is 23.2 Å². The van der Waals surface area contributed by atoms with Gasteiger partial charge in [-0.15, -0.1) is 0 Å². The molecule has 0 atom stereocenters. The molecule has 8 heteroatoms. The Hall–Kier alpha value is -3.78. The Labute approximate surface area is 183 Å². The van der Waals surface area contributed by atoms with Crippen LogP contribution in [0.3, 0.4) is 0 Å². The SMILES string of the molecule is Cn1ccc2ccnc(Oc3ccc(NC(=S)NC(=O)Cc4ccccc4)cc3F)c21. The van der Waals surface area contributed by atoms with Crippen LogP contribution in [0.1, 0.15) is 5.56 Å². The fourth-order valence-electron chi connectivity index (χ4n) is 3.16. The average molecular weight is 434 g/mol. The smallest absolute Gasteiger partial charge is 0.244 e. The first-order valence-electron chi connectivity index (χ1n) is 9.52. The quantitative estimate of drug-likeness (QED) is 0.451. The summed E-state index contributed by atoms with van der Waals surface area (Å²) < 4.78 is 22.2. The molecule has 0 spiro atoms. The predicted octanol–water partition coefficient (Wildman–Crippen LogP) is 4.56. The molecule has 31 heavy (non-hydrogen) atoms. The van der Waals surface area contributed by atoms with Gasteiger partial charge in [0.2, 0.25) is 11.8 Å². The number of hydrogen-bond acceptors (Lipinski definition) is 4. The van der Waals surface area contributed by atoms with E-state index in [1.807, 2.05) is 60.3 Å². The number of hydrogen-bond donors (Lipinski definition) is 2. The van der Waals surface area contributed by atoms with Gasteiger partial charge in [-0.05, 0) is 42.0 Å². The third kappa shape index (κ3) is 4.87. The maximum atomic E-state index is 14.6. The molecule has 2 heterocycles.